The highest BCUT2D eigenvalue weighted by molar-refractivity contribution is 5.65. The van der Waals surface area contributed by atoms with Gasteiger partial charge < -0.3 is 5.11 Å². The van der Waals surface area contributed by atoms with Gasteiger partial charge in [0.25, 0.3) is 0 Å². The molecule has 96 valence electrons. The zero-order valence-electron chi connectivity index (χ0n) is 9.54. The van der Waals surface area contributed by atoms with Crippen molar-refractivity contribution >= 4 is 0 Å². The van der Waals surface area contributed by atoms with Gasteiger partial charge in [-0.1, -0.05) is 18.2 Å². The third-order valence-corrected chi connectivity index (χ3v) is 2.61. The van der Waals surface area contributed by atoms with Gasteiger partial charge in [-0.25, -0.2) is 0 Å². The Balaban J connectivity index is 2.57. The van der Waals surface area contributed by atoms with Crippen LogP contribution in [0.15, 0.2) is 24.3 Å². The van der Waals surface area contributed by atoms with E-state index in [-0.39, 0.29) is 18.0 Å². The SMILES string of the molecule is Cc1[nH]nc(-c2cccc(CO)c2)c1C(F)(F)F. The molecule has 2 aromatic rings. The Labute approximate surface area is 101 Å². The molecule has 0 saturated heterocycles. The highest BCUT2D eigenvalue weighted by Crippen LogP contribution is 2.37. The van der Waals surface area contributed by atoms with E-state index in [1.54, 1.807) is 12.1 Å². The number of rotatable bonds is 2. The van der Waals surface area contributed by atoms with Crippen molar-refractivity contribution in [3.8, 4) is 11.3 Å². The van der Waals surface area contributed by atoms with E-state index in [9.17, 15) is 13.2 Å². The van der Waals surface area contributed by atoms with Gasteiger partial charge in [-0.3, -0.25) is 5.10 Å². The lowest BCUT2D eigenvalue weighted by Crippen LogP contribution is -2.07. The average molecular weight is 256 g/mol. The van der Waals surface area contributed by atoms with Crippen molar-refractivity contribution in [3.63, 3.8) is 0 Å². The molecule has 0 aliphatic rings. The number of aryl methyl sites for hydroxylation is 1. The molecular weight excluding hydrogens is 245 g/mol. The van der Waals surface area contributed by atoms with Crippen molar-refractivity contribution in [2.24, 2.45) is 0 Å². The Bertz CT molecular complexity index is 561. The van der Waals surface area contributed by atoms with Crippen LogP contribution in [-0.4, -0.2) is 15.3 Å². The predicted octanol–water partition coefficient (Wildman–Crippen LogP) is 2.90. The lowest BCUT2D eigenvalue weighted by molar-refractivity contribution is -0.137. The van der Waals surface area contributed by atoms with Crippen molar-refractivity contribution < 1.29 is 18.3 Å². The van der Waals surface area contributed by atoms with Crippen LogP contribution in [0.3, 0.4) is 0 Å². The highest BCUT2D eigenvalue weighted by Gasteiger charge is 2.37. The Morgan fingerprint density at radius 1 is 1.33 bits per heavy atom. The van der Waals surface area contributed by atoms with Gasteiger partial charge in [0.05, 0.1) is 6.61 Å². The number of hydrogen-bond acceptors (Lipinski definition) is 2. The molecule has 0 fully saturated rings. The Morgan fingerprint density at radius 2 is 2.06 bits per heavy atom. The molecule has 0 radical (unpaired) electrons. The third-order valence-electron chi connectivity index (χ3n) is 2.61. The smallest absolute Gasteiger partial charge is 0.392 e. The van der Waals surface area contributed by atoms with E-state index in [0.29, 0.717) is 11.1 Å². The average Bonchev–Trinajstić information content (AvgIpc) is 2.71. The van der Waals surface area contributed by atoms with E-state index in [2.05, 4.69) is 10.2 Å². The van der Waals surface area contributed by atoms with Crippen molar-refractivity contribution in [1.29, 1.82) is 0 Å². The van der Waals surface area contributed by atoms with Gasteiger partial charge in [0.15, 0.2) is 0 Å². The maximum absolute atomic E-state index is 12.9. The summed E-state index contributed by atoms with van der Waals surface area (Å²) in [6, 6.07) is 6.25. The van der Waals surface area contributed by atoms with Crippen LogP contribution >= 0.6 is 0 Å². The second kappa shape index (κ2) is 4.45. The largest absolute Gasteiger partial charge is 0.420 e. The maximum Gasteiger partial charge on any atom is 0.420 e. The van der Waals surface area contributed by atoms with Crippen molar-refractivity contribution in [1.82, 2.24) is 10.2 Å². The number of alkyl halides is 3. The van der Waals surface area contributed by atoms with Crippen LogP contribution in [0.4, 0.5) is 13.2 Å². The molecule has 0 spiro atoms. The number of H-pyrrole nitrogens is 1. The molecule has 3 nitrogen and oxygen atoms in total. The fourth-order valence-corrected chi connectivity index (χ4v) is 1.80. The number of benzene rings is 1. The first-order chi connectivity index (χ1) is 8.43. The summed E-state index contributed by atoms with van der Waals surface area (Å²) in [4.78, 5) is 0. The van der Waals surface area contributed by atoms with Crippen molar-refractivity contribution in [3.05, 3.63) is 41.1 Å². The fraction of sp³-hybridized carbons (Fsp3) is 0.250. The third kappa shape index (κ3) is 2.24. The normalized spacial score (nSPS) is 11.8. The molecule has 0 bridgehead atoms. The van der Waals surface area contributed by atoms with Crippen LogP contribution in [0.5, 0.6) is 0 Å². The number of nitrogens with one attached hydrogen (secondary N) is 1. The molecular formula is C12H11F3N2O. The second-order valence-corrected chi connectivity index (χ2v) is 3.93. The Kier molecular flexibility index (Phi) is 3.13. The highest BCUT2D eigenvalue weighted by atomic mass is 19.4. The van der Waals surface area contributed by atoms with Crippen LogP contribution in [0.1, 0.15) is 16.8 Å². The Hall–Kier alpha value is -1.82. The lowest BCUT2D eigenvalue weighted by Gasteiger charge is -2.08. The molecule has 1 aromatic carbocycles. The second-order valence-electron chi connectivity index (χ2n) is 3.93. The number of nitrogens with zero attached hydrogens (tertiary/aromatic N) is 1. The first-order valence-electron chi connectivity index (χ1n) is 5.26. The van der Waals surface area contributed by atoms with Crippen LogP contribution < -0.4 is 0 Å². The van der Waals surface area contributed by atoms with Gasteiger partial charge in [-0.05, 0) is 18.6 Å². The minimum Gasteiger partial charge on any atom is -0.392 e. The van der Waals surface area contributed by atoms with Crippen LogP contribution in [-0.2, 0) is 12.8 Å². The number of aliphatic hydroxyl groups is 1. The van der Waals surface area contributed by atoms with Crippen LogP contribution in [0.2, 0.25) is 0 Å². The maximum atomic E-state index is 12.9. The topological polar surface area (TPSA) is 48.9 Å². The zero-order valence-corrected chi connectivity index (χ0v) is 9.54. The predicted molar refractivity (Wildman–Crippen MR) is 59.7 cm³/mol. The molecule has 6 heteroatoms. The van der Waals surface area contributed by atoms with Crippen molar-refractivity contribution in [2.75, 3.05) is 0 Å². The van der Waals surface area contributed by atoms with Gasteiger partial charge in [-0.2, -0.15) is 18.3 Å². The van der Waals surface area contributed by atoms with Crippen molar-refractivity contribution in [2.45, 2.75) is 19.7 Å². The van der Waals surface area contributed by atoms with Crippen LogP contribution in [0.25, 0.3) is 11.3 Å². The number of aromatic amines is 1. The van der Waals surface area contributed by atoms with Gasteiger partial charge in [-0.15, -0.1) is 0 Å². The minimum absolute atomic E-state index is 0.0214. The molecule has 2 N–H and O–H groups in total. The molecule has 0 amide bonds. The van der Waals surface area contributed by atoms with E-state index in [1.165, 1.54) is 19.1 Å². The molecule has 0 aliphatic heterocycles. The minimum atomic E-state index is -4.46. The summed E-state index contributed by atoms with van der Waals surface area (Å²) in [6.07, 6.45) is -4.46. The number of aliphatic hydroxyl groups excluding tert-OH is 1. The molecule has 0 unspecified atom stereocenters. The van der Waals surface area contributed by atoms with E-state index in [1.807, 2.05) is 0 Å². The van der Waals surface area contributed by atoms with E-state index in [4.69, 9.17) is 5.11 Å². The fourth-order valence-electron chi connectivity index (χ4n) is 1.80. The summed E-state index contributed by atoms with van der Waals surface area (Å²) in [7, 11) is 0. The van der Waals surface area contributed by atoms with Gasteiger partial charge in [0, 0.05) is 11.3 Å². The first-order valence-corrected chi connectivity index (χ1v) is 5.26. The number of hydrogen-bond donors (Lipinski definition) is 2. The molecule has 0 atom stereocenters. The molecule has 1 heterocycles. The molecule has 1 aromatic heterocycles. The zero-order chi connectivity index (χ0) is 13.3. The van der Waals surface area contributed by atoms with Gasteiger partial charge in [0.2, 0.25) is 0 Å². The standard InChI is InChI=1S/C12H11F3N2O/c1-7-10(12(13,14)15)11(17-16-7)9-4-2-3-8(5-9)6-18/h2-5,18H,6H2,1H3,(H,16,17). The summed E-state index contributed by atoms with van der Waals surface area (Å²) in [5.74, 6) is 0. The number of aromatic nitrogens is 2. The van der Waals surface area contributed by atoms with Crippen LogP contribution in [0, 0.1) is 6.92 Å². The summed E-state index contributed by atoms with van der Waals surface area (Å²) in [6.45, 7) is 1.10. The van der Waals surface area contributed by atoms with E-state index in [0.717, 1.165) is 0 Å². The lowest BCUT2D eigenvalue weighted by atomic mass is 10.0. The van der Waals surface area contributed by atoms with Gasteiger partial charge in [0.1, 0.15) is 11.3 Å². The van der Waals surface area contributed by atoms with E-state index >= 15 is 0 Å². The molecule has 2 rings (SSSR count). The Morgan fingerprint density at radius 3 is 2.67 bits per heavy atom. The summed E-state index contributed by atoms with van der Waals surface area (Å²) < 4.78 is 38.7. The molecule has 0 aliphatic carbocycles. The molecule has 0 saturated carbocycles. The summed E-state index contributed by atoms with van der Waals surface area (Å²) in [5, 5.41) is 15.0. The quantitative estimate of drug-likeness (QED) is 0.868. The van der Waals surface area contributed by atoms with Gasteiger partial charge >= 0.3 is 6.18 Å². The number of halogens is 3. The summed E-state index contributed by atoms with van der Waals surface area (Å²) >= 11 is 0. The summed E-state index contributed by atoms with van der Waals surface area (Å²) in [5.41, 5.74) is -0.0562. The van der Waals surface area contributed by atoms with E-state index < -0.39 is 11.7 Å². The molecule has 18 heavy (non-hydrogen) atoms. The monoisotopic (exact) mass is 256 g/mol. The first kappa shape index (κ1) is 12.6.